The van der Waals surface area contributed by atoms with Gasteiger partial charge in [-0.25, -0.2) is 9.97 Å². The van der Waals surface area contributed by atoms with Crippen molar-refractivity contribution in [2.24, 2.45) is 0 Å². The summed E-state index contributed by atoms with van der Waals surface area (Å²) in [6.07, 6.45) is 3.45. The second kappa shape index (κ2) is 3.09. The fraction of sp³-hybridized carbons (Fsp3) is 0.286. The first-order valence-electron chi connectivity index (χ1n) is 3.72. The zero-order chi connectivity index (χ0) is 9.42. The van der Waals surface area contributed by atoms with E-state index < -0.39 is 0 Å². The summed E-state index contributed by atoms with van der Waals surface area (Å²) in [6.45, 7) is 0. The maximum Gasteiger partial charge on any atom is 0.226 e. The van der Waals surface area contributed by atoms with E-state index in [1.165, 1.54) is 0 Å². The molecule has 13 heavy (non-hydrogen) atoms. The van der Waals surface area contributed by atoms with Crippen molar-refractivity contribution in [2.45, 2.75) is 0 Å². The van der Waals surface area contributed by atoms with Crippen LogP contribution in [0.25, 0.3) is 11.2 Å². The van der Waals surface area contributed by atoms with E-state index in [9.17, 15) is 0 Å². The number of hydrogen-bond donors (Lipinski definition) is 0. The van der Waals surface area contributed by atoms with E-state index in [4.69, 9.17) is 0 Å². The molecule has 0 aliphatic carbocycles. The molecule has 2 aromatic heterocycles. The summed E-state index contributed by atoms with van der Waals surface area (Å²) < 4.78 is 1.85. The molecule has 0 aliphatic heterocycles. The number of halogens is 1. The lowest BCUT2D eigenvalue weighted by molar-refractivity contribution is 1.01. The Morgan fingerprint density at radius 2 is 2.15 bits per heavy atom. The molecule has 0 aliphatic rings. The molecule has 0 amide bonds. The van der Waals surface area contributed by atoms with Gasteiger partial charge in [0.25, 0.3) is 0 Å². The number of aromatic nitrogens is 4. The van der Waals surface area contributed by atoms with Gasteiger partial charge in [-0.05, 0) is 0 Å². The second-order valence-corrected chi connectivity index (χ2v) is 3.87. The average Bonchev–Trinajstić information content (AvgIpc) is 2.47. The van der Waals surface area contributed by atoms with Crippen LogP contribution < -0.4 is 4.90 Å². The number of anilines is 1. The summed E-state index contributed by atoms with van der Waals surface area (Å²) in [5.74, 6) is 0.700. The summed E-state index contributed by atoms with van der Waals surface area (Å²) in [5, 5.41) is 0. The third-order valence-electron chi connectivity index (χ3n) is 1.64. The van der Waals surface area contributed by atoms with Crippen LogP contribution in [-0.2, 0) is 0 Å². The fourth-order valence-electron chi connectivity index (χ4n) is 0.989. The molecule has 5 nitrogen and oxygen atoms in total. The molecule has 0 aromatic carbocycles. The van der Waals surface area contributed by atoms with Gasteiger partial charge in [-0.3, -0.25) is 2.78 Å². The Bertz CT molecular complexity index is 435. The topological polar surface area (TPSA) is 46.8 Å². The maximum absolute atomic E-state index is 4.34. The highest BCUT2D eigenvalue weighted by Crippen LogP contribution is 2.14. The molecule has 0 unspecified atom stereocenters. The average molecular weight is 289 g/mol. The van der Waals surface area contributed by atoms with Crippen molar-refractivity contribution >= 4 is 40.0 Å². The third kappa shape index (κ3) is 1.45. The minimum absolute atomic E-state index is 0.700. The van der Waals surface area contributed by atoms with Gasteiger partial charge in [-0.15, -0.1) is 0 Å². The Kier molecular flexibility index (Phi) is 2.06. The molecule has 0 N–H and O–H groups in total. The van der Waals surface area contributed by atoms with E-state index in [0.717, 1.165) is 11.2 Å². The van der Waals surface area contributed by atoms with Crippen LogP contribution in [0.1, 0.15) is 0 Å². The van der Waals surface area contributed by atoms with Gasteiger partial charge in [0.15, 0.2) is 5.65 Å². The molecule has 2 rings (SSSR count). The first-order valence-corrected chi connectivity index (χ1v) is 4.68. The molecule has 0 saturated heterocycles. The van der Waals surface area contributed by atoms with E-state index in [1.807, 2.05) is 21.8 Å². The van der Waals surface area contributed by atoms with Gasteiger partial charge in [0, 0.05) is 14.1 Å². The van der Waals surface area contributed by atoms with Gasteiger partial charge >= 0.3 is 0 Å². The van der Waals surface area contributed by atoms with Crippen molar-refractivity contribution in [1.82, 2.24) is 17.7 Å². The van der Waals surface area contributed by atoms with Crippen LogP contribution in [-0.4, -0.2) is 31.8 Å². The van der Waals surface area contributed by atoms with E-state index in [0.29, 0.717) is 5.95 Å². The molecule has 2 heterocycles. The van der Waals surface area contributed by atoms with Gasteiger partial charge < -0.3 is 4.90 Å². The maximum atomic E-state index is 4.34. The van der Waals surface area contributed by atoms with Gasteiger partial charge in [0.1, 0.15) is 11.8 Å². The van der Waals surface area contributed by atoms with Gasteiger partial charge in [-0.2, -0.15) is 4.98 Å². The van der Waals surface area contributed by atoms with Gasteiger partial charge in [0.2, 0.25) is 5.95 Å². The van der Waals surface area contributed by atoms with E-state index in [-0.39, 0.29) is 0 Å². The van der Waals surface area contributed by atoms with Crippen LogP contribution in [0.5, 0.6) is 0 Å². The fourth-order valence-corrected chi connectivity index (χ4v) is 1.47. The van der Waals surface area contributed by atoms with E-state index >= 15 is 0 Å². The largest absolute Gasteiger partial charge is 0.347 e. The van der Waals surface area contributed by atoms with Crippen LogP contribution in [0.2, 0.25) is 0 Å². The first kappa shape index (κ1) is 8.67. The highest BCUT2D eigenvalue weighted by Gasteiger charge is 2.05. The zero-order valence-corrected chi connectivity index (χ0v) is 9.43. The quantitative estimate of drug-likeness (QED) is 0.737. The standard InChI is InChI=1S/C7H8IN5/c1-12(2)7-9-3-5-6(11-7)13(8)4-10-5/h3-4H,1-2H3. The number of hydrogen-bond acceptors (Lipinski definition) is 4. The van der Waals surface area contributed by atoms with Crippen molar-refractivity contribution in [3.63, 3.8) is 0 Å². The van der Waals surface area contributed by atoms with Crippen molar-refractivity contribution in [1.29, 1.82) is 0 Å². The minimum Gasteiger partial charge on any atom is -0.347 e. The van der Waals surface area contributed by atoms with Crippen molar-refractivity contribution < 1.29 is 0 Å². The summed E-state index contributed by atoms with van der Waals surface area (Å²) in [6, 6.07) is 0. The Labute approximate surface area is 89.3 Å². The Balaban J connectivity index is 2.66. The van der Waals surface area contributed by atoms with Crippen LogP contribution in [0.4, 0.5) is 5.95 Å². The lowest BCUT2D eigenvalue weighted by Crippen LogP contribution is -2.12. The monoisotopic (exact) mass is 289 g/mol. The normalized spacial score (nSPS) is 10.7. The predicted molar refractivity (Wildman–Crippen MR) is 59.1 cm³/mol. The van der Waals surface area contributed by atoms with Crippen molar-refractivity contribution in [3.8, 4) is 0 Å². The number of imidazole rings is 1. The molecule has 0 atom stereocenters. The molecule has 68 valence electrons. The molecule has 0 radical (unpaired) electrons. The van der Waals surface area contributed by atoms with Crippen LogP contribution in [0.15, 0.2) is 12.5 Å². The van der Waals surface area contributed by atoms with Gasteiger partial charge in [-0.1, -0.05) is 0 Å². The molecule has 0 spiro atoms. The molecule has 0 saturated carbocycles. The summed E-state index contributed by atoms with van der Waals surface area (Å²) in [5.41, 5.74) is 1.67. The van der Waals surface area contributed by atoms with E-state index in [1.54, 1.807) is 12.5 Å². The minimum atomic E-state index is 0.700. The van der Waals surface area contributed by atoms with E-state index in [2.05, 4.69) is 37.8 Å². The predicted octanol–water partition coefficient (Wildman–Crippen LogP) is 1.09. The van der Waals surface area contributed by atoms with Crippen molar-refractivity contribution in [2.75, 3.05) is 19.0 Å². The lowest BCUT2D eigenvalue weighted by atomic mass is 10.5. The molecule has 0 bridgehead atoms. The highest BCUT2D eigenvalue weighted by molar-refractivity contribution is 14.1. The van der Waals surface area contributed by atoms with Crippen LogP contribution in [0, 0.1) is 0 Å². The molecule has 6 heteroatoms. The zero-order valence-electron chi connectivity index (χ0n) is 7.27. The summed E-state index contributed by atoms with van der Waals surface area (Å²) >= 11 is 2.14. The number of fused-ring (bicyclic) bond motifs is 1. The van der Waals surface area contributed by atoms with Crippen LogP contribution in [0.3, 0.4) is 0 Å². The molecule has 0 fully saturated rings. The molecular weight excluding hydrogens is 281 g/mol. The second-order valence-electron chi connectivity index (χ2n) is 2.83. The highest BCUT2D eigenvalue weighted by atomic mass is 127. The molecular formula is C7H8IN5. The SMILES string of the molecule is CN(C)c1ncc2ncn(I)c2n1. The smallest absolute Gasteiger partial charge is 0.226 e. The third-order valence-corrected chi connectivity index (χ3v) is 2.34. The number of rotatable bonds is 1. The lowest BCUT2D eigenvalue weighted by Gasteiger charge is -2.08. The number of nitrogens with zero attached hydrogens (tertiary/aromatic N) is 5. The van der Waals surface area contributed by atoms with Crippen molar-refractivity contribution in [3.05, 3.63) is 12.5 Å². The van der Waals surface area contributed by atoms with Gasteiger partial charge in [0.05, 0.1) is 29.1 Å². The summed E-state index contributed by atoms with van der Waals surface area (Å²) in [4.78, 5) is 14.5. The Hall–Kier alpha value is -0.920. The molecule has 2 aromatic rings. The Morgan fingerprint density at radius 1 is 1.38 bits per heavy atom. The summed E-state index contributed by atoms with van der Waals surface area (Å²) in [7, 11) is 3.82. The Morgan fingerprint density at radius 3 is 2.85 bits per heavy atom. The first-order chi connectivity index (χ1) is 6.18. The van der Waals surface area contributed by atoms with Crippen LogP contribution >= 0.6 is 22.9 Å².